The van der Waals surface area contributed by atoms with Gasteiger partial charge in [0.1, 0.15) is 24.6 Å². The van der Waals surface area contributed by atoms with Gasteiger partial charge in [-0.05, 0) is 53.8 Å². The lowest BCUT2D eigenvalue weighted by Crippen LogP contribution is -2.42. The number of aromatic nitrogens is 4. The van der Waals surface area contributed by atoms with Crippen molar-refractivity contribution in [2.24, 2.45) is 0 Å². The average Bonchev–Trinajstić information content (AvgIpc) is 3.99. The molecule has 0 unspecified atom stereocenters. The number of benzene rings is 4. The van der Waals surface area contributed by atoms with E-state index in [0.29, 0.717) is 73.4 Å². The van der Waals surface area contributed by atoms with Crippen molar-refractivity contribution in [3.8, 4) is 5.75 Å². The normalized spacial score (nSPS) is 20.1. The number of nitrogens with zero attached hydrogens (tertiary/aromatic N) is 5. The van der Waals surface area contributed by atoms with Crippen LogP contribution in [0.15, 0.2) is 122 Å². The first-order valence-electron chi connectivity index (χ1n) is 20.2. The second kappa shape index (κ2) is 18.0. The Bertz CT molecular complexity index is 2290. The number of imidazole rings is 1. The van der Waals surface area contributed by atoms with Gasteiger partial charge in [0.15, 0.2) is 17.0 Å². The average molecular weight is 796 g/mol. The van der Waals surface area contributed by atoms with Crippen molar-refractivity contribution >= 4 is 40.6 Å². The summed E-state index contributed by atoms with van der Waals surface area (Å²) < 4.78 is 7.66. The van der Waals surface area contributed by atoms with Crippen LogP contribution in [0.2, 0.25) is 0 Å². The minimum absolute atomic E-state index is 0.000384. The Balaban J connectivity index is 1.00. The van der Waals surface area contributed by atoms with Crippen molar-refractivity contribution in [1.82, 2.24) is 30.2 Å². The third-order valence-electron chi connectivity index (χ3n) is 11.1. The molecule has 4 aromatic carbocycles. The molecule has 3 heterocycles. The number of fused-ring (bicyclic) bond motifs is 1. The van der Waals surface area contributed by atoms with Gasteiger partial charge in [-0.3, -0.25) is 4.79 Å². The Morgan fingerprint density at radius 1 is 0.847 bits per heavy atom. The summed E-state index contributed by atoms with van der Waals surface area (Å²) in [5.41, 5.74) is 5.00. The number of ether oxygens (including phenoxy) is 1. The number of aliphatic hydroxyl groups is 2. The van der Waals surface area contributed by atoms with Crippen LogP contribution in [0.4, 0.5) is 22.2 Å². The SMILES string of the molecule is CCC(=O)N[C@H]1C[C@@H](n2cnc3c(NCC(c4ccccc4)c4ccccc4)nc(N4CC[C@@H](NC(=O)Nc5ccc(OCc6ccccc6)cc5)C4)nc32)[C@H](O)[C@@H]1O. The van der Waals surface area contributed by atoms with E-state index in [2.05, 4.69) is 45.5 Å². The summed E-state index contributed by atoms with van der Waals surface area (Å²) in [4.78, 5) is 42.2. The molecule has 0 radical (unpaired) electrons. The molecule has 3 amide bonds. The summed E-state index contributed by atoms with van der Waals surface area (Å²) in [6, 6.07) is 36.0. The van der Waals surface area contributed by atoms with Crippen molar-refractivity contribution < 1.29 is 24.5 Å². The maximum atomic E-state index is 13.2. The van der Waals surface area contributed by atoms with Gasteiger partial charge in [-0.2, -0.15) is 9.97 Å². The third-order valence-corrected chi connectivity index (χ3v) is 11.1. The molecular formula is C45H49N9O5. The molecule has 1 saturated carbocycles. The summed E-state index contributed by atoms with van der Waals surface area (Å²) in [6.07, 6.45) is 0.515. The Morgan fingerprint density at radius 2 is 1.53 bits per heavy atom. The molecule has 14 nitrogen and oxygen atoms in total. The van der Waals surface area contributed by atoms with E-state index < -0.39 is 24.3 Å². The first kappa shape index (κ1) is 39.3. The van der Waals surface area contributed by atoms with Crippen LogP contribution in [0.1, 0.15) is 54.8 Å². The van der Waals surface area contributed by atoms with Gasteiger partial charge in [-0.15, -0.1) is 0 Å². The lowest BCUT2D eigenvalue weighted by Gasteiger charge is -2.22. The molecule has 1 aliphatic carbocycles. The van der Waals surface area contributed by atoms with Crippen LogP contribution in [0, 0.1) is 0 Å². The molecule has 2 aliphatic rings. The van der Waals surface area contributed by atoms with Gasteiger partial charge < -0.3 is 45.7 Å². The molecule has 14 heteroatoms. The number of aliphatic hydroxyl groups excluding tert-OH is 2. The number of hydrogen-bond donors (Lipinski definition) is 6. The van der Waals surface area contributed by atoms with E-state index in [0.717, 1.165) is 16.7 Å². The molecule has 2 fully saturated rings. The van der Waals surface area contributed by atoms with Crippen LogP contribution in [0.5, 0.6) is 5.75 Å². The van der Waals surface area contributed by atoms with Crippen molar-refractivity contribution in [3.63, 3.8) is 0 Å². The van der Waals surface area contributed by atoms with Crippen molar-refractivity contribution in [2.45, 2.75) is 69.0 Å². The van der Waals surface area contributed by atoms with E-state index in [9.17, 15) is 19.8 Å². The highest BCUT2D eigenvalue weighted by molar-refractivity contribution is 5.89. The fourth-order valence-electron chi connectivity index (χ4n) is 7.93. The van der Waals surface area contributed by atoms with Crippen LogP contribution in [-0.2, 0) is 11.4 Å². The van der Waals surface area contributed by atoms with E-state index >= 15 is 0 Å². The number of nitrogens with one attached hydrogen (secondary N) is 4. The minimum Gasteiger partial charge on any atom is -0.489 e. The molecule has 0 bridgehead atoms. The summed E-state index contributed by atoms with van der Waals surface area (Å²) in [5, 5.41) is 34.7. The summed E-state index contributed by atoms with van der Waals surface area (Å²) in [5.74, 6) is 1.47. The maximum Gasteiger partial charge on any atom is 0.319 e. The van der Waals surface area contributed by atoms with Crippen LogP contribution in [0.3, 0.4) is 0 Å². The number of carbonyl (C=O) groups is 2. The highest BCUT2D eigenvalue weighted by Crippen LogP contribution is 2.36. The predicted molar refractivity (Wildman–Crippen MR) is 226 cm³/mol. The van der Waals surface area contributed by atoms with Crippen molar-refractivity contribution in [2.75, 3.05) is 35.2 Å². The van der Waals surface area contributed by atoms with E-state index in [-0.39, 0.29) is 30.3 Å². The monoisotopic (exact) mass is 795 g/mol. The van der Waals surface area contributed by atoms with Gasteiger partial charge >= 0.3 is 6.03 Å². The van der Waals surface area contributed by atoms with E-state index in [1.165, 1.54) is 0 Å². The zero-order valence-electron chi connectivity index (χ0n) is 32.8. The Kier molecular flexibility index (Phi) is 12.0. The highest BCUT2D eigenvalue weighted by Gasteiger charge is 2.44. The molecule has 304 valence electrons. The lowest BCUT2D eigenvalue weighted by atomic mass is 9.91. The number of carbonyl (C=O) groups excluding carboxylic acids is 2. The fraction of sp³-hybridized carbons (Fsp3) is 0.311. The van der Waals surface area contributed by atoms with Crippen LogP contribution in [0.25, 0.3) is 11.2 Å². The van der Waals surface area contributed by atoms with Gasteiger partial charge in [-0.25, -0.2) is 9.78 Å². The largest absolute Gasteiger partial charge is 0.489 e. The predicted octanol–water partition coefficient (Wildman–Crippen LogP) is 5.61. The molecule has 59 heavy (non-hydrogen) atoms. The number of urea groups is 1. The molecule has 5 atom stereocenters. The van der Waals surface area contributed by atoms with Gasteiger partial charge in [0.25, 0.3) is 0 Å². The third kappa shape index (κ3) is 9.14. The topological polar surface area (TPSA) is 179 Å². The zero-order valence-corrected chi connectivity index (χ0v) is 32.8. The van der Waals surface area contributed by atoms with Gasteiger partial charge in [-0.1, -0.05) is 97.9 Å². The quantitative estimate of drug-likeness (QED) is 0.0812. The highest BCUT2D eigenvalue weighted by atomic mass is 16.5. The number of amides is 3. The molecule has 0 spiro atoms. The molecule has 6 aromatic rings. The van der Waals surface area contributed by atoms with Crippen LogP contribution >= 0.6 is 0 Å². The number of rotatable bonds is 14. The Morgan fingerprint density at radius 3 is 2.20 bits per heavy atom. The smallest absolute Gasteiger partial charge is 0.319 e. The van der Waals surface area contributed by atoms with Crippen LogP contribution < -0.4 is 30.9 Å². The first-order chi connectivity index (χ1) is 28.8. The molecule has 6 N–H and O–H groups in total. The van der Waals surface area contributed by atoms with Crippen molar-refractivity contribution in [1.29, 1.82) is 0 Å². The summed E-state index contributed by atoms with van der Waals surface area (Å²) in [7, 11) is 0. The van der Waals surface area contributed by atoms with Gasteiger partial charge in [0, 0.05) is 43.7 Å². The van der Waals surface area contributed by atoms with E-state index in [1.807, 2.05) is 95.9 Å². The molecule has 8 rings (SSSR count). The number of anilines is 3. The summed E-state index contributed by atoms with van der Waals surface area (Å²) in [6.45, 7) is 3.76. The Hall–Kier alpha value is -6.51. The van der Waals surface area contributed by atoms with Gasteiger partial charge in [0.2, 0.25) is 11.9 Å². The van der Waals surface area contributed by atoms with E-state index in [4.69, 9.17) is 19.7 Å². The minimum atomic E-state index is -1.16. The molecule has 2 aromatic heterocycles. The molecule has 1 saturated heterocycles. The standard InChI is InChI=1S/C45H49N9O5/c1-2-38(55)50-36-24-37(41(57)40(36)56)54-28-47-39-42(46-25-35(30-14-8-4-9-15-30)31-16-10-5-11-17-31)51-44(52-43(39)54)53-23-22-33(26-53)49-45(58)48-32-18-20-34(21-19-32)59-27-29-12-6-3-7-13-29/h3-21,28,33,35-37,40-41,56-57H,2,22-27H2,1H3,(H,50,55)(H,46,51,52)(H2,48,49,58)/t33-,36+,37-,40-,41+/m1/s1. The number of hydrogen-bond acceptors (Lipinski definition) is 10. The second-order valence-electron chi connectivity index (χ2n) is 15.1. The van der Waals surface area contributed by atoms with Crippen LogP contribution in [-0.4, -0.2) is 85.6 Å². The first-order valence-corrected chi connectivity index (χ1v) is 20.2. The Labute approximate surface area is 342 Å². The van der Waals surface area contributed by atoms with E-state index in [1.54, 1.807) is 17.8 Å². The van der Waals surface area contributed by atoms with Crippen molar-refractivity contribution in [3.05, 3.63) is 138 Å². The summed E-state index contributed by atoms with van der Waals surface area (Å²) >= 11 is 0. The fourth-order valence-corrected chi connectivity index (χ4v) is 7.93. The molecular weight excluding hydrogens is 747 g/mol. The van der Waals surface area contributed by atoms with Gasteiger partial charge in [0.05, 0.1) is 18.4 Å². The maximum absolute atomic E-state index is 13.2. The lowest BCUT2D eigenvalue weighted by molar-refractivity contribution is -0.122. The second-order valence-corrected chi connectivity index (χ2v) is 15.1. The zero-order chi connectivity index (χ0) is 40.7. The molecule has 1 aliphatic heterocycles.